The summed E-state index contributed by atoms with van der Waals surface area (Å²) in [6.45, 7) is 5.92. The number of aromatic hydroxyl groups is 2. The van der Waals surface area contributed by atoms with E-state index in [0.29, 0.717) is 11.3 Å². The summed E-state index contributed by atoms with van der Waals surface area (Å²) in [5.41, 5.74) is 4.81. The van der Waals surface area contributed by atoms with Gasteiger partial charge in [-0.25, -0.2) is 5.43 Å². The number of rotatable bonds is 6. The van der Waals surface area contributed by atoms with E-state index in [-0.39, 0.29) is 24.0 Å². The quantitative estimate of drug-likeness (QED) is 0.556. The summed E-state index contributed by atoms with van der Waals surface area (Å²) in [6, 6.07) is 10.0. The fourth-order valence-corrected chi connectivity index (χ4v) is 2.23. The average Bonchev–Trinajstić information content (AvgIpc) is 2.54. The number of phenols is 2. The minimum absolute atomic E-state index is 0.0498. The zero-order chi connectivity index (χ0) is 18.4. The Bertz CT molecular complexity index is 785. The van der Waals surface area contributed by atoms with Gasteiger partial charge in [-0.3, -0.25) is 4.79 Å². The third-order valence-electron chi connectivity index (χ3n) is 3.56. The Hall–Kier alpha value is -3.02. The van der Waals surface area contributed by atoms with E-state index < -0.39 is 5.91 Å². The first kappa shape index (κ1) is 18.3. The van der Waals surface area contributed by atoms with Gasteiger partial charge in [-0.05, 0) is 42.2 Å². The van der Waals surface area contributed by atoms with Gasteiger partial charge in [0.25, 0.3) is 5.91 Å². The molecule has 2 aromatic carbocycles. The van der Waals surface area contributed by atoms with Crippen LogP contribution in [-0.4, -0.2) is 28.9 Å². The maximum absolute atomic E-state index is 11.9. The minimum Gasteiger partial charge on any atom is -0.508 e. The van der Waals surface area contributed by atoms with E-state index in [0.717, 1.165) is 11.1 Å². The fraction of sp³-hybridized carbons (Fsp3) is 0.263. The van der Waals surface area contributed by atoms with Gasteiger partial charge in [0, 0.05) is 11.6 Å². The van der Waals surface area contributed by atoms with Gasteiger partial charge in [0.2, 0.25) is 0 Å². The second-order valence-corrected chi connectivity index (χ2v) is 6.02. The van der Waals surface area contributed by atoms with Gasteiger partial charge in [-0.1, -0.05) is 26.0 Å². The van der Waals surface area contributed by atoms with Crippen LogP contribution in [0, 0.1) is 6.92 Å². The molecule has 0 saturated heterocycles. The van der Waals surface area contributed by atoms with E-state index in [1.807, 2.05) is 25.1 Å². The summed E-state index contributed by atoms with van der Waals surface area (Å²) >= 11 is 0. The van der Waals surface area contributed by atoms with E-state index in [9.17, 15) is 15.0 Å². The zero-order valence-electron chi connectivity index (χ0n) is 14.5. The Labute approximate surface area is 146 Å². The molecule has 2 rings (SSSR count). The number of hydrogen-bond acceptors (Lipinski definition) is 5. The van der Waals surface area contributed by atoms with Crippen LogP contribution in [0.25, 0.3) is 0 Å². The number of benzene rings is 2. The molecule has 1 amide bonds. The van der Waals surface area contributed by atoms with Gasteiger partial charge in [-0.15, -0.1) is 0 Å². The summed E-state index contributed by atoms with van der Waals surface area (Å²) in [5, 5.41) is 22.6. The molecule has 0 aliphatic rings. The van der Waals surface area contributed by atoms with Crippen molar-refractivity contribution in [1.29, 1.82) is 0 Å². The highest BCUT2D eigenvalue weighted by molar-refractivity contribution is 5.85. The van der Waals surface area contributed by atoms with E-state index in [1.165, 1.54) is 24.4 Å². The second-order valence-electron chi connectivity index (χ2n) is 6.02. The van der Waals surface area contributed by atoms with Crippen molar-refractivity contribution < 1.29 is 19.7 Å². The number of nitrogens with zero attached hydrogens (tertiary/aromatic N) is 1. The number of ether oxygens (including phenoxy) is 1. The molecule has 0 unspecified atom stereocenters. The molecule has 3 N–H and O–H groups in total. The molecule has 0 heterocycles. The standard InChI is InChI=1S/C19H22N2O4/c1-12(2)16-7-4-13(3)8-18(16)25-11-19(24)21-20-10-14-5-6-15(22)9-17(14)23/h4-10,12,22-23H,11H2,1-3H3,(H,21,24)/b20-10+. The molecule has 0 aliphatic heterocycles. The number of amides is 1. The van der Waals surface area contributed by atoms with Crippen molar-refractivity contribution in [2.75, 3.05) is 6.61 Å². The highest BCUT2D eigenvalue weighted by Gasteiger charge is 2.10. The zero-order valence-corrected chi connectivity index (χ0v) is 14.5. The van der Waals surface area contributed by atoms with Crippen molar-refractivity contribution in [3.8, 4) is 17.2 Å². The Morgan fingerprint density at radius 1 is 1.24 bits per heavy atom. The lowest BCUT2D eigenvalue weighted by atomic mass is 10.0. The molecule has 0 bridgehead atoms. The first-order valence-corrected chi connectivity index (χ1v) is 7.94. The molecule has 0 spiro atoms. The van der Waals surface area contributed by atoms with Crippen molar-refractivity contribution in [3.05, 3.63) is 53.1 Å². The van der Waals surface area contributed by atoms with Gasteiger partial charge in [-0.2, -0.15) is 5.10 Å². The summed E-state index contributed by atoms with van der Waals surface area (Å²) in [7, 11) is 0. The number of phenolic OH excluding ortho intramolecular Hbond substituents is 2. The van der Waals surface area contributed by atoms with Crippen LogP contribution in [0.4, 0.5) is 0 Å². The molecule has 0 radical (unpaired) electrons. The minimum atomic E-state index is -0.411. The highest BCUT2D eigenvalue weighted by atomic mass is 16.5. The first-order valence-electron chi connectivity index (χ1n) is 7.94. The second kappa shape index (κ2) is 8.19. The largest absolute Gasteiger partial charge is 0.508 e. The maximum atomic E-state index is 11.9. The van der Waals surface area contributed by atoms with Crippen molar-refractivity contribution in [2.45, 2.75) is 26.7 Å². The predicted octanol–water partition coefficient (Wildman–Crippen LogP) is 3.06. The summed E-state index contributed by atoms with van der Waals surface area (Å²) < 4.78 is 5.61. The normalized spacial score (nSPS) is 11.0. The molecule has 0 aromatic heterocycles. The maximum Gasteiger partial charge on any atom is 0.277 e. The molecule has 0 atom stereocenters. The van der Waals surface area contributed by atoms with E-state index >= 15 is 0 Å². The number of hydrazone groups is 1. The first-order chi connectivity index (χ1) is 11.9. The van der Waals surface area contributed by atoms with E-state index in [1.54, 1.807) is 0 Å². The molecule has 6 heteroatoms. The lowest BCUT2D eigenvalue weighted by Crippen LogP contribution is -2.25. The number of nitrogens with one attached hydrogen (secondary N) is 1. The molecule has 25 heavy (non-hydrogen) atoms. The van der Waals surface area contributed by atoms with Crippen LogP contribution < -0.4 is 10.2 Å². The molecule has 132 valence electrons. The Morgan fingerprint density at radius 2 is 2.00 bits per heavy atom. The van der Waals surface area contributed by atoms with Crippen molar-refractivity contribution in [3.63, 3.8) is 0 Å². The molecule has 6 nitrogen and oxygen atoms in total. The van der Waals surface area contributed by atoms with Crippen LogP contribution >= 0.6 is 0 Å². The summed E-state index contributed by atoms with van der Waals surface area (Å²) in [6.07, 6.45) is 1.29. The lowest BCUT2D eigenvalue weighted by molar-refractivity contribution is -0.123. The third-order valence-corrected chi connectivity index (χ3v) is 3.56. The van der Waals surface area contributed by atoms with Crippen molar-refractivity contribution in [2.24, 2.45) is 5.10 Å². The van der Waals surface area contributed by atoms with Crippen LogP contribution in [0.15, 0.2) is 41.5 Å². The highest BCUT2D eigenvalue weighted by Crippen LogP contribution is 2.27. The lowest BCUT2D eigenvalue weighted by Gasteiger charge is -2.14. The van der Waals surface area contributed by atoms with Crippen molar-refractivity contribution in [1.82, 2.24) is 5.43 Å². The summed E-state index contributed by atoms with van der Waals surface area (Å²) in [4.78, 5) is 11.9. The fourth-order valence-electron chi connectivity index (χ4n) is 2.23. The van der Waals surface area contributed by atoms with Gasteiger partial charge in [0.15, 0.2) is 6.61 Å². The SMILES string of the molecule is Cc1ccc(C(C)C)c(OCC(=O)N/N=C/c2ccc(O)cc2O)c1. The monoisotopic (exact) mass is 342 g/mol. The predicted molar refractivity (Wildman–Crippen MR) is 96.3 cm³/mol. The Kier molecular flexibility index (Phi) is 6.00. The van der Waals surface area contributed by atoms with Crippen LogP contribution in [0.2, 0.25) is 0 Å². The Morgan fingerprint density at radius 3 is 2.68 bits per heavy atom. The number of hydrogen-bond donors (Lipinski definition) is 3. The van der Waals surface area contributed by atoms with Gasteiger partial charge in [0.1, 0.15) is 17.2 Å². The summed E-state index contributed by atoms with van der Waals surface area (Å²) in [5.74, 6) is 0.381. The van der Waals surface area contributed by atoms with Crippen LogP contribution in [0.3, 0.4) is 0 Å². The van der Waals surface area contributed by atoms with Gasteiger partial charge in [0.05, 0.1) is 6.21 Å². The van der Waals surface area contributed by atoms with E-state index in [4.69, 9.17) is 4.74 Å². The molecular weight excluding hydrogens is 320 g/mol. The van der Waals surface area contributed by atoms with E-state index in [2.05, 4.69) is 24.4 Å². The molecular formula is C19H22N2O4. The van der Waals surface area contributed by atoms with Gasteiger partial charge >= 0.3 is 0 Å². The Balaban J connectivity index is 1.93. The number of carbonyl (C=O) groups excluding carboxylic acids is 1. The molecule has 0 saturated carbocycles. The van der Waals surface area contributed by atoms with Crippen LogP contribution in [-0.2, 0) is 4.79 Å². The van der Waals surface area contributed by atoms with Gasteiger partial charge < -0.3 is 14.9 Å². The smallest absolute Gasteiger partial charge is 0.277 e. The third kappa shape index (κ3) is 5.24. The van der Waals surface area contributed by atoms with Crippen LogP contribution in [0.5, 0.6) is 17.2 Å². The molecule has 0 aliphatic carbocycles. The molecule has 2 aromatic rings. The molecule has 0 fully saturated rings. The van der Waals surface area contributed by atoms with Crippen LogP contribution in [0.1, 0.15) is 36.5 Å². The number of aryl methyl sites for hydroxylation is 1. The average molecular weight is 342 g/mol. The van der Waals surface area contributed by atoms with Crippen molar-refractivity contribution >= 4 is 12.1 Å². The number of carbonyl (C=O) groups is 1. The topological polar surface area (TPSA) is 91.2 Å².